The Labute approximate surface area is 105 Å². The summed E-state index contributed by atoms with van der Waals surface area (Å²) in [6, 6.07) is 0. The van der Waals surface area contributed by atoms with Gasteiger partial charge >= 0.3 is 0 Å². The Morgan fingerprint density at radius 3 is 3.11 bits per heavy atom. The highest BCUT2D eigenvalue weighted by atomic mass is 16.5. The molecule has 18 heavy (non-hydrogen) atoms. The van der Waals surface area contributed by atoms with Gasteiger partial charge in [0.15, 0.2) is 11.6 Å². The second-order valence-electron chi connectivity index (χ2n) is 4.39. The predicted molar refractivity (Wildman–Crippen MR) is 67.3 cm³/mol. The minimum absolute atomic E-state index is 0.0383. The molecule has 0 aromatic heterocycles. The van der Waals surface area contributed by atoms with E-state index in [1.165, 1.54) is 0 Å². The topological polar surface area (TPSA) is 45.1 Å². The molecular formula is C13H13N3O2. The molecule has 0 fully saturated rings. The molecule has 0 bridgehead atoms. The zero-order valence-corrected chi connectivity index (χ0v) is 10.3. The molecule has 0 saturated carbocycles. The van der Waals surface area contributed by atoms with E-state index in [2.05, 4.69) is 4.99 Å². The van der Waals surface area contributed by atoms with Crippen LogP contribution in [0.3, 0.4) is 0 Å². The summed E-state index contributed by atoms with van der Waals surface area (Å²) in [4.78, 5) is 20.0. The van der Waals surface area contributed by atoms with Gasteiger partial charge in [-0.05, 0) is 12.2 Å². The van der Waals surface area contributed by atoms with E-state index in [0.29, 0.717) is 17.9 Å². The zero-order valence-electron chi connectivity index (χ0n) is 10.3. The van der Waals surface area contributed by atoms with E-state index in [9.17, 15) is 4.79 Å². The lowest BCUT2D eigenvalue weighted by atomic mass is 9.99. The standard InChI is InChI=1S/C13H13N3O2/c1-15(2)13(17)10-8-16-6-5-14-12(16)11-9(10)4-3-7-18-11/h3-5,7-8H,6H2,1-2H3. The van der Waals surface area contributed by atoms with Crippen molar-refractivity contribution >= 4 is 12.1 Å². The van der Waals surface area contributed by atoms with E-state index in [1.807, 2.05) is 17.2 Å². The van der Waals surface area contributed by atoms with Crippen LogP contribution in [0.25, 0.3) is 0 Å². The van der Waals surface area contributed by atoms with Gasteiger partial charge in [0.1, 0.15) is 0 Å². The summed E-state index contributed by atoms with van der Waals surface area (Å²) >= 11 is 0. The Bertz CT molecular complexity index is 565. The molecule has 0 aromatic carbocycles. The van der Waals surface area contributed by atoms with Crippen LogP contribution >= 0.6 is 0 Å². The first-order valence-electron chi connectivity index (χ1n) is 5.69. The highest BCUT2D eigenvalue weighted by molar-refractivity contribution is 5.99. The van der Waals surface area contributed by atoms with Crippen molar-refractivity contribution in [1.82, 2.24) is 9.80 Å². The number of rotatable bonds is 1. The molecule has 3 aliphatic heterocycles. The lowest BCUT2D eigenvalue weighted by Gasteiger charge is -2.28. The lowest BCUT2D eigenvalue weighted by Crippen LogP contribution is -2.30. The van der Waals surface area contributed by atoms with Crippen LogP contribution in [0.4, 0.5) is 0 Å². The highest BCUT2D eigenvalue weighted by Gasteiger charge is 2.32. The van der Waals surface area contributed by atoms with Gasteiger partial charge in [-0.1, -0.05) is 0 Å². The Hall–Kier alpha value is -2.30. The van der Waals surface area contributed by atoms with Gasteiger partial charge in [-0.2, -0.15) is 0 Å². The molecule has 3 rings (SSSR count). The summed E-state index contributed by atoms with van der Waals surface area (Å²) in [6.45, 7) is 0.670. The van der Waals surface area contributed by atoms with E-state index in [1.54, 1.807) is 37.5 Å². The first kappa shape index (κ1) is 10.8. The van der Waals surface area contributed by atoms with Crippen molar-refractivity contribution in [3.8, 4) is 0 Å². The average molecular weight is 243 g/mol. The SMILES string of the molecule is CN(C)C(=O)C1=CN2CC=NC2=C2OC=CC=C12. The minimum atomic E-state index is -0.0383. The third-order valence-corrected chi connectivity index (χ3v) is 2.95. The van der Waals surface area contributed by atoms with Gasteiger partial charge in [0, 0.05) is 32.1 Å². The Morgan fingerprint density at radius 2 is 2.33 bits per heavy atom. The van der Waals surface area contributed by atoms with Gasteiger partial charge in [0.2, 0.25) is 0 Å². The van der Waals surface area contributed by atoms with Gasteiger partial charge < -0.3 is 14.5 Å². The number of likely N-dealkylation sites (N-methyl/N-ethyl adjacent to an activating group) is 1. The maximum atomic E-state index is 12.2. The van der Waals surface area contributed by atoms with Crippen LogP contribution in [0.1, 0.15) is 0 Å². The fourth-order valence-electron chi connectivity index (χ4n) is 2.08. The molecule has 92 valence electrons. The number of allylic oxidation sites excluding steroid dienone is 3. The summed E-state index contributed by atoms with van der Waals surface area (Å²) in [5.74, 6) is 1.38. The van der Waals surface area contributed by atoms with Crippen LogP contribution in [0.15, 0.2) is 52.3 Å². The molecule has 5 heteroatoms. The van der Waals surface area contributed by atoms with Gasteiger partial charge in [0.25, 0.3) is 5.91 Å². The Kier molecular flexibility index (Phi) is 2.33. The number of ether oxygens (including phenoxy) is 1. The molecule has 3 aliphatic rings. The fraction of sp³-hybridized carbons (Fsp3) is 0.231. The highest BCUT2D eigenvalue weighted by Crippen LogP contribution is 2.35. The molecule has 0 radical (unpaired) electrons. The molecule has 0 saturated heterocycles. The van der Waals surface area contributed by atoms with Crippen LogP contribution in [0.5, 0.6) is 0 Å². The molecule has 1 amide bonds. The number of aliphatic imine (C=N–C) groups is 1. The van der Waals surface area contributed by atoms with Crippen molar-refractivity contribution in [3.63, 3.8) is 0 Å². The maximum Gasteiger partial charge on any atom is 0.255 e. The summed E-state index contributed by atoms with van der Waals surface area (Å²) in [5.41, 5.74) is 1.43. The van der Waals surface area contributed by atoms with Crippen LogP contribution < -0.4 is 0 Å². The molecule has 0 spiro atoms. The third kappa shape index (κ3) is 1.48. The second-order valence-corrected chi connectivity index (χ2v) is 4.39. The van der Waals surface area contributed by atoms with Crippen LogP contribution in [-0.2, 0) is 9.53 Å². The number of carbonyl (C=O) groups is 1. The van der Waals surface area contributed by atoms with Crippen molar-refractivity contribution in [1.29, 1.82) is 0 Å². The van der Waals surface area contributed by atoms with Gasteiger partial charge in [-0.25, -0.2) is 4.99 Å². The largest absolute Gasteiger partial charge is 0.460 e. The van der Waals surface area contributed by atoms with Crippen molar-refractivity contribution in [2.24, 2.45) is 4.99 Å². The van der Waals surface area contributed by atoms with Gasteiger partial charge in [-0.15, -0.1) is 0 Å². The van der Waals surface area contributed by atoms with E-state index in [0.717, 1.165) is 11.4 Å². The Morgan fingerprint density at radius 1 is 1.50 bits per heavy atom. The van der Waals surface area contributed by atoms with Gasteiger partial charge in [-0.3, -0.25) is 4.79 Å². The first-order valence-corrected chi connectivity index (χ1v) is 5.69. The molecule has 5 nitrogen and oxygen atoms in total. The van der Waals surface area contributed by atoms with E-state index in [4.69, 9.17) is 4.74 Å². The van der Waals surface area contributed by atoms with Crippen molar-refractivity contribution in [3.05, 3.63) is 47.3 Å². The van der Waals surface area contributed by atoms with E-state index < -0.39 is 0 Å². The molecule has 0 atom stereocenters. The fourth-order valence-corrected chi connectivity index (χ4v) is 2.08. The number of amides is 1. The van der Waals surface area contributed by atoms with Crippen molar-refractivity contribution in [2.45, 2.75) is 0 Å². The molecular weight excluding hydrogens is 230 g/mol. The molecule has 3 heterocycles. The monoisotopic (exact) mass is 243 g/mol. The average Bonchev–Trinajstić information content (AvgIpc) is 2.85. The lowest BCUT2D eigenvalue weighted by molar-refractivity contribution is -0.124. The number of hydrogen-bond donors (Lipinski definition) is 0. The number of fused-ring (bicyclic) bond motifs is 2. The molecule has 0 N–H and O–H groups in total. The number of carbonyl (C=O) groups excluding carboxylic acids is 1. The van der Waals surface area contributed by atoms with Crippen LogP contribution in [0, 0.1) is 0 Å². The quantitative estimate of drug-likeness (QED) is 0.690. The van der Waals surface area contributed by atoms with Crippen molar-refractivity contribution < 1.29 is 9.53 Å². The Balaban J connectivity index is 2.10. The van der Waals surface area contributed by atoms with E-state index >= 15 is 0 Å². The van der Waals surface area contributed by atoms with Crippen molar-refractivity contribution in [2.75, 3.05) is 20.6 Å². The summed E-state index contributed by atoms with van der Waals surface area (Å²) in [7, 11) is 3.48. The van der Waals surface area contributed by atoms with E-state index in [-0.39, 0.29) is 5.91 Å². The maximum absolute atomic E-state index is 12.2. The third-order valence-electron chi connectivity index (χ3n) is 2.95. The summed E-state index contributed by atoms with van der Waals surface area (Å²) in [5, 5.41) is 0. The number of nitrogens with zero attached hydrogens (tertiary/aromatic N) is 3. The second kappa shape index (κ2) is 3.87. The summed E-state index contributed by atoms with van der Waals surface area (Å²) in [6.07, 6.45) is 8.90. The van der Waals surface area contributed by atoms with Crippen LogP contribution in [0.2, 0.25) is 0 Å². The zero-order chi connectivity index (χ0) is 12.7. The van der Waals surface area contributed by atoms with Gasteiger partial charge in [0.05, 0.1) is 18.4 Å². The minimum Gasteiger partial charge on any atom is -0.460 e. The number of hydrogen-bond acceptors (Lipinski definition) is 4. The first-order chi connectivity index (χ1) is 8.68. The predicted octanol–water partition coefficient (Wildman–Crippen LogP) is 0.998. The summed E-state index contributed by atoms with van der Waals surface area (Å²) < 4.78 is 5.52. The molecule has 0 aliphatic carbocycles. The molecule has 0 unspecified atom stereocenters. The smallest absolute Gasteiger partial charge is 0.255 e. The van der Waals surface area contributed by atoms with Crippen LogP contribution in [-0.4, -0.2) is 42.6 Å². The molecule has 0 aromatic rings. The normalized spacial score (nSPS) is 20.0.